The van der Waals surface area contributed by atoms with Gasteiger partial charge in [0.25, 0.3) is 0 Å². The SMILES string of the molecule is CN([O-])C1C2CCC(CC2)C1N(C)[O-]. The van der Waals surface area contributed by atoms with E-state index in [1.54, 1.807) is 14.1 Å². The summed E-state index contributed by atoms with van der Waals surface area (Å²) >= 11 is 0. The zero-order chi connectivity index (χ0) is 10.3. The highest BCUT2D eigenvalue weighted by atomic mass is 16.5. The minimum Gasteiger partial charge on any atom is -0.785 e. The second-order valence-electron chi connectivity index (χ2n) is 4.75. The van der Waals surface area contributed by atoms with Crippen molar-refractivity contribution in [2.24, 2.45) is 11.8 Å². The lowest BCUT2D eigenvalue weighted by Crippen LogP contribution is -2.58. The summed E-state index contributed by atoms with van der Waals surface area (Å²) < 4.78 is 0. The van der Waals surface area contributed by atoms with Crippen molar-refractivity contribution in [3.63, 3.8) is 0 Å². The largest absolute Gasteiger partial charge is 0.785 e. The molecule has 0 spiro atoms. The molecule has 3 fully saturated rings. The highest BCUT2D eigenvalue weighted by molar-refractivity contribution is 5.02. The van der Waals surface area contributed by atoms with E-state index in [1.165, 1.54) is 0 Å². The molecule has 0 aromatic heterocycles. The molecule has 4 nitrogen and oxygen atoms in total. The Morgan fingerprint density at radius 1 is 0.786 bits per heavy atom. The minimum atomic E-state index is -0.0648. The van der Waals surface area contributed by atoms with Gasteiger partial charge in [0, 0.05) is 12.1 Å². The van der Waals surface area contributed by atoms with Crippen molar-refractivity contribution in [3.05, 3.63) is 10.4 Å². The maximum Gasteiger partial charge on any atom is 0.0153 e. The monoisotopic (exact) mass is 198 g/mol. The quantitative estimate of drug-likeness (QED) is 0.629. The standard InChI is InChI=1S/C10H18N2O2/c1-11(13)9-7-3-5-8(6-4-7)10(9)12(2)14/h7-10H,3-6H2,1-2H3/q-2. The van der Waals surface area contributed by atoms with Gasteiger partial charge in [-0.3, -0.25) is 0 Å². The van der Waals surface area contributed by atoms with Gasteiger partial charge >= 0.3 is 0 Å². The van der Waals surface area contributed by atoms with E-state index in [0.717, 1.165) is 35.8 Å². The summed E-state index contributed by atoms with van der Waals surface area (Å²) in [5.74, 6) is 0.896. The average Bonchev–Trinajstić information content (AvgIpc) is 2.17. The first kappa shape index (κ1) is 10.4. The van der Waals surface area contributed by atoms with Crippen LogP contribution in [0.2, 0.25) is 0 Å². The molecule has 2 bridgehead atoms. The van der Waals surface area contributed by atoms with E-state index < -0.39 is 0 Å². The van der Waals surface area contributed by atoms with Crippen molar-refractivity contribution >= 4 is 0 Å². The fourth-order valence-electron chi connectivity index (χ4n) is 3.41. The van der Waals surface area contributed by atoms with Gasteiger partial charge in [-0.15, -0.1) is 0 Å². The molecule has 3 rings (SSSR count). The molecule has 14 heavy (non-hydrogen) atoms. The van der Waals surface area contributed by atoms with Crippen LogP contribution >= 0.6 is 0 Å². The van der Waals surface area contributed by atoms with E-state index in [-0.39, 0.29) is 12.1 Å². The Balaban J connectivity index is 2.18. The summed E-state index contributed by atoms with van der Waals surface area (Å²) in [6.07, 6.45) is 4.52. The van der Waals surface area contributed by atoms with Crippen molar-refractivity contribution in [2.45, 2.75) is 37.8 Å². The number of fused-ring (bicyclic) bond motifs is 3. The van der Waals surface area contributed by atoms with Crippen molar-refractivity contribution in [3.8, 4) is 0 Å². The molecular formula is C10H18N2O2-2. The number of hydroxylamine groups is 4. The van der Waals surface area contributed by atoms with Crippen molar-refractivity contribution < 1.29 is 0 Å². The molecule has 0 heterocycles. The van der Waals surface area contributed by atoms with Gasteiger partial charge in [-0.05, 0) is 51.6 Å². The first-order chi connectivity index (χ1) is 6.61. The molecule has 0 saturated heterocycles. The number of likely N-dealkylation sites (N-methyl/N-ethyl adjacent to an activating group) is 2. The third-order valence-electron chi connectivity index (χ3n) is 3.97. The summed E-state index contributed by atoms with van der Waals surface area (Å²) in [6, 6.07) is -0.130. The van der Waals surface area contributed by atoms with Crippen LogP contribution in [0.4, 0.5) is 0 Å². The molecule has 0 radical (unpaired) electrons. The van der Waals surface area contributed by atoms with Gasteiger partial charge in [-0.1, -0.05) is 0 Å². The fraction of sp³-hybridized carbons (Fsp3) is 1.00. The van der Waals surface area contributed by atoms with Crippen LogP contribution < -0.4 is 0 Å². The number of hydrogen-bond acceptors (Lipinski definition) is 4. The van der Waals surface area contributed by atoms with Crippen LogP contribution in [0.1, 0.15) is 25.7 Å². The molecule has 0 aromatic rings. The molecule has 0 amide bonds. The van der Waals surface area contributed by atoms with Gasteiger partial charge in [-0.2, -0.15) is 0 Å². The summed E-state index contributed by atoms with van der Waals surface area (Å²) in [5, 5.41) is 24.9. The molecule has 2 unspecified atom stereocenters. The van der Waals surface area contributed by atoms with E-state index in [1.807, 2.05) is 0 Å². The maximum absolute atomic E-state index is 11.5. The normalized spacial score (nSPS) is 42.4. The molecule has 3 aliphatic rings. The molecular weight excluding hydrogens is 180 g/mol. The molecule has 82 valence electrons. The lowest BCUT2D eigenvalue weighted by Gasteiger charge is -2.58. The minimum absolute atomic E-state index is 0.0648. The second kappa shape index (κ2) is 3.77. The highest BCUT2D eigenvalue weighted by Crippen LogP contribution is 2.44. The maximum atomic E-state index is 11.5. The molecule has 3 aliphatic carbocycles. The van der Waals surface area contributed by atoms with Crippen LogP contribution in [0.15, 0.2) is 0 Å². The third kappa shape index (κ3) is 1.56. The summed E-state index contributed by atoms with van der Waals surface area (Å²) in [4.78, 5) is 0. The molecule has 0 N–H and O–H groups in total. The van der Waals surface area contributed by atoms with E-state index in [2.05, 4.69) is 0 Å². The van der Waals surface area contributed by atoms with Gasteiger partial charge < -0.3 is 20.5 Å². The van der Waals surface area contributed by atoms with Crippen molar-refractivity contribution in [1.29, 1.82) is 0 Å². The molecule has 3 saturated carbocycles. The average molecular weight is 198 g/mol. The predicted molar refractivity (Wildman–Crippen MR) is 55.3 cm³/mol. The van der Waals surface area contributed by atoms with Gasteiger partial charge in [-0.25, -0.2) is 0 Å². The van der Waals surface area contributed by atoms with Crippen LogP contribution in [-0.2, 0) is 0 Å². The van der Waals surface area contributed by atoms with Gasteiger partial charge in [0.1, 0.15) is 0 Å². The van der Waals surface area contributed by atoms with Gasteiger partial charge in [0.15, 0.2) is 0 Å². The van der Waals surface area contributed by atoms with E-state index in [0.29, 0.717) is 11.8 Å². The van der Waals surface area contributed by atoms with Crippen LogP contribution in [-0.4, -0.2) is 36.3 Å². The van der Waals surface area contributed by atoms with Crippen LogP contribution in [0, 0.1) is 22.3 Å². The second-order valence-corrected chi connectivity index (χ2v) is 4.75. The smallest absolute Gasteiger partial charge is 0.0153 e. The van der Waals surface area contributed by atoms with Crippen molar-refractivity contribution in [2.75, 3.05) is 14.1 Å². The Kier molecular flexibility index (Phi) is 2.79. The van der Waals surface area contributed by atoms with E-state index in [9.17, 15) is 10.4 Å². The third-order valence-corrected chi connectivity index (χ3v) is 3.97. The zero-order valence-corrected chi connectivity index (χ0v) is 8.85. The number of hydrogen-bond donors (Lipinski definition) is 0. The molecule has 0 aromatic carbocycles. The first-order valence-corrected chi connectivity index (χ1v) is 5.41. The topological polar surface area (TPSA) is 52.6 Å². The summed E-state index contributed by atoms with van der Waals surface area (Å²) in [6.45, 7) is 0. The van der Waals surface area contributed by atoms with E-state index >= 15 is 0 Å². The highest BCUT2D eigenvalue weighted by Gasteiger charge is 2.43. The molecule has 4 heteroatoms. The number of nitrogens with zero attached hydrogens (tertiary/aromatic N) is 2. The Morgan fingerprint density at radius 3 is 1.29 bits per heavy atom. The molecule has 0 aliphatic heterocycles. The predicted octanol–water partition coefficient (Wildman–Crippen LogP) is 1.40. The Labute approximate surface area is 85.0 Å². The van der Waals surface area contributed by atoms with Crippen LogP contribution in [0.25, 0.3) is 0 Å². The lowest BCUT2D eigenvalue weighted by molar-refractivity contribution is -0.00577. The van der Waals surface area contributed by atoms with Crippen molar-refractivity contribution in [1.82, 2.24) is 10.1 Å². The Bertz CT molecular complexity index is 178. The van der Waals surface area contributed by atoms with Gasteiger partial charge in [0.05, 0.1) is 0 Å². The summed E-state index contributed by atoms with van der Waals surface area (Å²) in [5.41, 5.74) is 0. The van der Waals surface area contributed by atoms with Crippen LogP contribution in [0.3, 0.4) is 0 Å². The molecule has 2 atom stereocenters. The fourth-order valence-corrected chi connectivity index (χ4v) is 3.41. The Hall–Kier alpha value is -0.160. The van der Waals surface area contributed by atoms with E-state index in [4.69, 9.17) is 0 Å². The summed E-state index contributed by atoms with van der Waals surface area (Å²) in [7, 11) is 3.11. The Morgan fingerprint density at radius 2 is 1.07 bits per heavy atom. The van der Waals surface area contributed by atoms with Crippen LogP contribution in [0.5, 0.6) is 0 Å². The lowest BCUT2D eigenvalue weighted by atomic mass is 9.64. The zero-order valence-electron chi connectivity index (χ0n) is 8.85. The van der Waals surface area contributed by atoms with Gasteiger partial charge in [0.2, 0.25) is 0 Å². The first-order valence-electron chi connectivity index (χ1n) is 5.41. The number of rotatable bonds is 2.